The minimum atomic E-state index is -0.330. The van der Waals surface area contributed by atoms with Gasteiger partial charge in [-0.3, -0.25) is 10.2 Å². The highest BCUT2D eigenvalue weighted by Gasteiger charge is 2.33. The van der Waals surface area contributed by atoms with E-state index >= 15 is 0 Å². The van der Waals surface area contributed by atoms with Gasteiger partial charge in [-0.05, 0) is 60.0 Å². The van der Waals surface area contributed by atoms with Crippen molar-refractivity contribution < 1.29 is 0 Å². The molecule has 2 aliphatic rings. The van der Waals surface area contributed by atoms with Gasteiger partial charge in [0.25, 0.3) is 0 Å². The molecule has 1 N–H and O–H groups in total. The van der Waals surface area contributed by atoms with Crippen LogP contribution in [-0.2, 0) is 0 Å². The molecule has 0 spiro atoms. The summed E-state index contributed by atoms with van der Waals surface area (Å²) in [6, 6.07) is 3.07. The number of nitrogens with zero attached hydrogens (tertiary/aromatic N) is 3. The van der Waals surface area contributed by atoms with Crippen molar-refractivity contribution >= 4 is 0 Å². The number of nitrogens with one attached hydrogen (secondary N) is 1. The average Bonchev–Trinajstić information content (AvgIpc) is 3.17. The molecule has 1 aliphatic heterocycles. The van der Waals surface area contributed by atoms with Crippen LogP contribution >= 0.6 is 0 Å². The Morgan fingerprint density at radius 2 is 2.05 bits per heavy atom. The monoisotopic (exact) mass is 278 g/mol. The van der Waals surface area contributed by atoms with Crippen molar-refractivity contribution in [3.63, 3.8) is 0 Å². The molecule has 1 heterocycles. The predicted molar refractivity (Wildman–Crippen MR) is 82.6 cm³/mol. The van der Waals surface area contributed by atoms with Crippen LogP contribution in [0.25, 0.3) is 0 Å². The standard InChI is InChI=1S/C16H30N4/c1-15(2)13-20(11-10-19(15)4)9-5-8-16(3,12-17)18-14-6-7-14/h14,18H,5-11,13H2,1-4H3. The summed E-state index contributed by atoms with van der Waals surface area (Å²) in [7, 11) is 2.21. The zero-order chi connectivity index (χ0) is 14.8. The number of rotatable bonds is 6. The lowest BCUT2D eigenvalue weighted by atomic mass is 9.96. The Morgan fingerprint density at radius 3 is 2.60 bits per heavy atom. The Kier molecular flexibility index (Phi) is 4.73. The van der Waals surface area contributed by atoms with Gasteiger partial charge in [-0.25, -0.2) is 0 Å². The van der Waals surface area contributed by atoms with Crippen LogP contribution in [0.5, 0.6) is 0 Å². The zero-order valence-electron chi connectivity index (χ0n) is 13.6. The van der Waals surface area contributed by atoms with E-state index in [2.05, 4.69) is 49.0 Å². The second-order valence-electron chi connectivity index (χ2n) is 7.48. The number of likely N-dealkylation sites (N-methyl/N-ethyl adjacent to an activating group) is 1. The minimum Gasteiger partial charge on any atom is -0.300 e. The largest absolute Gasteiger partial charge is 0.300 e. The van der Waals surface area contributed by atoms with Crippen LogP contribution in [0.4, 0.5) is 0 Å². The lowest BCUT2D eigenvalue weighted by Gasteiger charge is -2.45. The molecule has 20 heavy (non-hydrogen) atoms. The molecule has 0 radical (unpaired) electrons. The average molecular weight is 278 g/mol. The first-order valence-electron chi connectivity index (χ1n) is 7.97. The molecule has 1 atom stereocenters. The van der Waals surface area contributed by atoms with Gasteiger partial charge >= 0.3 is 0 Å². The smallest absolute Gasteiger partial charge is 0.104 e. The summed E-state index contributed by atoms with van der Waals surface area (Å²) in [5.41, 5.74) is -0.0632. The topological polar surface area (TPSA) is 42.3 Å². The Hall–Kier alpha value is -0.630. The lowest BCUT2D eigenvalue weighted by Crippen LogP contribution is -2.57. The Morgan fingerprint density at radius 1 is 1.35 bits per heavy atom. The second kappa shape index (κ2) is 6.01. The third-order valence-corrected chi connectivity index (χ3v) is 4.89. The molecule has 0 bridgehead atoms. The van der Waals surface area contributed by atoms with E-state index in [9.17, 15) is 5.26 Å². The number of hydrogen-bond donors (Lipinski definition) is 1. The summed E-state index contributed by atoms with van der Waals surface area (Å²) in [6.45, 7) is 11.2. The van der Waals surface area contributed by atoms with Crippen molar-refractivity contribution in [1.82, 2.24) is 15.1 Å². The van der Waals surface area contributed by atoms with E-state index in [0.29, 0.717) is 6.04 Å². The van der Waals surface area contributed by atoms with Gasteiger partial charge in [0.05, 0.1) is 6.07 Å². The molecule has 1 saturated heterocycles. The SMILES string of the molecule is CN1CCN(CCCC(C)(C#N)NC2CC2)CC1(C)C. The van der Waals surface area contributed by atoms with Crippen LogP contribution in [0.3, 0.4) is 0 Å². The first kappa shape index (κ1) is 15.8. The van der Waals surface area contributed by atoms with Gasteiger partial charge in [0, 0.05) is 31.2 Å². The summed E-state index contributed by atoms with van der Waals surface area (Å²) in [5, 5.41) is 12.9. The molecule has 2 fully saturated rings. The van der Waals surface area contributed by atoms with Crippen molar-refractivity contribution in [2.24, 2.45) is 0 Å². The van der Waals surface area contributed by atoms with Crippen molar-refractivity contribution in [3.8, 4) is 6.07 Å². The maximum Gasteiger partial charge on any atom is 0.104 e. The van der Waals surface area contributed by atoms with E-state index in [0.717, 1.165) is 39.0 Å². The predicted octanol–water partition coefficient (Wildman–Crippen LogP) is 1.83. The Bertz CT molecular complexity index is 369. The first-order chi connectivity index (χ1) is 9.35. The Balaban J connectivity index is 1.73. The van der Waals surface area contributed by atoms with Gasteiger partial charge in [-0.2, -0.15) is 5.26 Å². The van der Waals surface area contributed by atoms with E-state index in [-0.39, 0.29) is 11.1 Å². The van der Waals surface area contributed by atoms with Crippen LogP contribution in [0.2, 0.25) is 0 Å². The molecule has 1 saturated carbocycles. The first-order valence-corrected chi connectivity index (χ1v) is 7.97. The van der Waals surface area contributed by atoms with Gasteiger partial charge in [-0.1, -0.05) is 0 Å². The molecular weight excluding hydrogens is 248 g/mol. The molecule has 1 unspecified atom stereocenters. The second-order valence-corrected chi connectivity index (χ2v) is 7.48. The summed E-state index contributed by atoms with van der Waals surface area (Å²) in [5.74, 6) is 0. The Labute approximate surface area is 124 Å². The fourth-order valence-corrected chi connectivity index (χ4v) is 3.03. The third kappa shape index (κ3) is 4.18. The molecule has 4 heteroatoms. The molecule has 0 aromatic heterocycles. The molecule has 114 valence electrons. The van der Waals surface area contributed by atoms with Crippen LogP contribution in [0.1, 0.15) is 46.5 Å². The maximum absolute atomic E-state index is 9.38. The highest BCUT2D eigenvalue weighted by atomic mass is 15.3. The van der Waals surface area contributed by atoms with Gasteiger partial charge in [-0.15, -0.1) is 0 Å². The molecule has 4 nitrogen and oxygen atoms in total. The van der Waals surface area contributed by atoms with Crippen molar-refractivity contribution in [2.45, 2.75) is 63.6 Å². The van der Waals surface area contributed by atoms with E-state index in [1.165, 1.54) is 12.8 Å². The number of hydrogen-bond acceptors (Lipinski definition) is 4. The van der Waals surface area contributed by atoms with Gasteiger partial charge in [0.15, 0.2) is 0 Å². The van der Waals surface area contributed by atoms with E-state index in [4.69, 9.17) is 0 Å². The van der Waals surface area contributed by atoms with Crippen LogP contribution in [0, 0.1) is 11.3 Å². The summed E-state index contributed by atoms with van der Waals surface area (Å²) in [6.07, 6.45) is 4.53. The summed E-state index contributed by atoms with van der Waals surface area (Å²) < 4.78 is 0. The maximum atomic E-state index is 9.38. The fourth-order valence-electron chi connectivity index (χ4n) is 3.03. The highest BCUT2D eigenvalue weighted by molar-refractivity contribution is 5.07. The van der Waals surface area contributed by atoms with E-state index in [1.54, 1.807) is 0 Å². The zero-order valence-corrected chi connectivity index (χ0v) is 13.6. The normalized spacial score (nSPS) is 26.9. The van der Waals surface area contributed by atoms with Gasteiger partial charge in [0.2, 0.25) is 0 Å². The summed E-state index contributed by atoms with van der Waals surface area (Å²) >= 11 is 0. The minimum absolute atomic E-state index is 0.267. The molecular formula is C16H30N4. The van der Waals surface area contributed by atoms with E-state index in [1.807, 2.05) is 0 Å². The third-order valence-electron chi connectivity index (χ3n) is 4.89. The number of nitriles is 1. The highest BCUT2D eigenvalue weighted by Crippen LogP contribution is 2.25. The van der Waals surface area contributed by atoms with E-state index < -0.39 is 0 Å². The number of piperazine rings is 1. The molecule has 0 aromatic rings. The van der Waals surface area contributed by atoms with Crippen molar-refractivity contribution in [2.75, 3.05) is 33.2 Å². The van der Waals surface area contributed by atoms with Crippen LogP contribution in [0.15, 0.2) is 0 Å². The molecule has 1 aliphatic carbocycles. The fraction of sp³-hybridized carbons (Fsp3) is 0.938. The van der Waals surface area contributed by atoms with Gasteiger partial charge < -0.3 is 4.90 Å². The lowest BCUT2D eigenvalue weighted by molar-refractivity contribution is 0.0387. The quantitative estimate of drug-likeness (QED) is 0.805. The molecule has 0 aromatic carbocycles. The molecule has 0 amide bonds. The molecule has 2 rings (SSSR count). The van der Waals surface area contributed by atoms with Gasteiger partial charge in [0.1, 0.15) is 5.54 Å². The van der Waals surface area contributed by atoms with Crippen LogP contribution < -0.4 is 5.32 Å². The summed E-state index contributed by atoms with van der Waals surface area (Å²) in [4.78, 5) is 4.99. The van der Waals surface area contributed by atoms with Crippen molar-refractivity contribution in [1.29, 1.82) is 5.26 Å². The van der Waals surface area contributed by atoms with Crippen LogP contribution in [-0.4, -0.2) is 60.1 Å². The van der Waals surface area contributed by atoms with Crippen molar-refractivity contribution in [3.05, 3.63) is 0 Å².